The number of unbranched alkanes of at least 4 members (excludes halogenated alkanes) is 1. The predicted octanol–water partition coefficient (Wildman–Crippen LogP) is 2.49. The Bertz CT molecular complexity index is 189. The van der Waals surface area contributed by atoms with Crippen molar-refractivity contribution in [3.8, 4) is 0 Å². The first kappa shape index (κ1) is 7.06. The van der Waals surface area contributed by atoms with Crippen molar-refractivity contribution in [2.24, 2.45) is 0 Å². The van der Waals surface area contributed by atoms with Crippen molar-refractivity contribution >= 4 is 6.08 Å². The summed E-state index contributed by atoms with van der Waals surface area (Å²) in [5.74, 6) is 0. The summed E-state index contributed by atoms with van der Waals surface area (Å²) in [5, 5.41) is 0. The first-order chi connectivity index (χ1) is 4.93. The highest BCUT2D eigenvalue weighted by Gasteiger charge is 1.85. The van der Waals surface area contributed by atoms with Gasteiger partial charge in [0, 0.05) is 0 Å². The van der Waals surface area contributed by atoms with Crippen LogP contribution in [0, 0.1) is 0 Å². The van der Waals surface area contributed by atoms with Crippen molar-refractivity contribution in [3.05, 3.63) is 24.4 Å². The zero-order valence-corrected chi connectivity index (χ0v) is 6.08. The van der Waals surface area contributed by atoms with Crippen LogP contribution in [0.2, 0.25) is 0 Å². The molecule has 0 atom stereocenters. The molecule has 1 rings (SSSR count). The molecule has 0 aliphatic heterocycles. The van der Waals surface area contributed by atoms with E-state index in [9.17, 15) is 0 Å². The lowest BCUT2D eigenvalue weighted by Crippen LogP contribution is -1.67. The van der Waals surface area contributed by atoms with Gasteiger partial charge in [-0.1, -0.05) is 19.4 Å². The Morgan fingerprint density at radius 2 is 2.60 bits per heavy atom. The van der Waals surface area contributed by atoms with E-state index in [0.29, 0.717) is 0 Å². The summed E-state index contributed by atoms with van der Waals surface area (Å²) in [6.45, 7) is 2.15. The van der Waals surface area contributed by atoms with E-state index >= 15 is 0 Å². The van der Waals surface area contributed by atoms with Gasteiger partial charge >= 0.3 is 0 Å². The Hall–Kier alpha value is -1.05. The highest BCUT2D eigenvalue weighted by Crippen LogP contribution is 1.99. The molecule has 2 nitrogen and oxygen atoms in total. The minimum atomic E-state index is 0.897. The van der Waals surface area contributed by atoms with Crippen LogP contribution >= 0.6 is 0 Å². The number of hydrogen-bond acceptors (Lipinski definition) is 2. The van der Waals surface area contributed by atoms with Crippen LogP contribution in [-0.4, -0.2) is 4.98 Å². The van der Waals surface area contributed by atoms with Crippen molar-refractivity contribution in [2.75, 3.05) is 0 Å². The topological polar surface area (TPSA) is 26.0 Å². The van der Waals surface area contributed by atoms with Gasteiger partial charge in [-0.2, -0.15) is 0 Å². The van der Waals surface area contributed by atoms with Gasteiger partial charge in [0.1, 0.15) is 12.0 Å². The SMILES string of the molecule is CCCC=Cc1cocn1. The van der Waals surface area contributed by atoms with Crippen molar-refractivity contribution in [1.29, 1.82) is 0 Å². The van der Waals surface area contributed by atoms with E-state index in [1.165, 1.54) is 12.8 Å². The molecule has 0 aromatic carbocycles. The molecule has 1 aromatic heterocycles. The molecule has 0 saturated carbocycles. The van der Waals surface area contributed by atoms with Crippen molar-refractivity contribution < 1.29 is 4.42 Å². The van der Waals surface area contributed by atoms with Crippen molar-refractivity contribution in [1.82, 2.24) is 4.98 Å². The third kappa shape index (κ3) is 2.05. The molecule has 1 aromatic rings. The molecule has 0 aliphatic carbocycles. The van der Waals surface area contributed by atoms with Gasteiger partial charge < -0.3 is 4.42 Å². The van der Waals surface area contributed by atoms with Crippen molar-refractivity contribution in [3.63, 3.8) is 0 Å². The molecule has 0 unspecified atom stereocenters. The van der Waals surface area contributed by atoms with E-state index in [4.69, 9.17) is 4.42 Å². The van der Waals surface area contributed by atoms with E-state index in [1.54, 1.807) is 6.26 Å². The highest BCUT2D eigenvalue weighted by molar-refractivity contribution is 5.41. The third-order valence-corrected chi connectivity index (χ3v) is 1.20. The van der Waals surface area contributed by atoms with E-state index in [1.807, 2.05) is 6.08 Å². The van der Waals surface area contributed by atoms with Crippen LogP contribution in [0.1, 0.15) is 25.5 Å². The maximum atomic E-state index is 4.78. The minimum absolute atomic E-state index is 0.897. The Morgan fingerprint density at radius 1 is 1.70 bits per heavy atom. The van der Waals surface area contributed by atoms with Crippen LogP contribution in [0.3, 0.4) is 0 Å². The second-order valence-electron chi connectivity index (χ2n) is 2.10. The van der Waals surface area contributed by atoms with Gasteiger partial charge in [-0.3, -0.25) is 0 Å². The van der Waals surface area contributed by atoms with Gasteiger partial charge in [-0.15, -0.1) is 0 Å². The molecule has 1 heterocycles. The Morgan fingerprint density at radius 3 is 3.20 bits per heavy atom. The number of aromatic nitrogens is 1. The van der Waals surface area contributed by atoms with Gasteiger partial charge in [0.05, 0.1) is 0 Å². The van der Waals surface area contributed by atoms with Crippen LogP contribution < -0.4 is 0 Å². The number of hydrogen-bond donors (Lipinski definition) is 0. The molecular formula is C8H11NO. The monoisotopic (exact) mass is 137 g/mol. The largest absolute Gasteiger partial charge is 0.451 e. The lowest BCUT2D eigenvalue weighted by molar-refractivity contribution is 0.557. The van der Waals surface area contributed by atoms with Gasteiger partial charge in [0.2, 0.25) is 0 Å². The molecule has 0 aliphatic rings. The van der Waals surface area contributed by atoms with Gasteiger partial charge in [0.25, 0.3) is 0 Å². The summed E-state index contributed by atoms with van der Waals surface area (Å²) in [5.41, 5.74) is 0.897. The quantitative estimate of drug-likeness (QED) is 0.639. The molecule has 0 amide bonds. The van der Waals surface area contributed by atoms with Crippen LogP contribution in [0.4, 0.5) is 0 Å². The molecule has 0 bridgehead atoms. The van der Waals surface area contributed by atoms with E-state index in [0.717, 1.165) is 12.1 Å². The molecular weight excluding hydrogens is 126 g/mol. The summed E-state index contributed by atoms with van der Waals surface area (Å²) in [6, 6.07) is 0. The number of rotatable bonds is 3. The van der Waals surface area contributed by atoms with E-state index in [2.05, 4.69) is 18.0 Å². The number of nitrogens with zero attached hydrogens (tertiary/aromatic N) is 1. The van der Waals surface area contributed by atoms with Crippen LogP contribution in [0.15, 0.2) is 23.1 Å². The van der Waals surface area contributed by atoms with E-state index in [-0.39, 0.29) is 0 Å². The Kier molecular flexibility index (Phi) is 2.74. The molecule has 0 radical (unpaired) electrons. The zero-order valence-electron chi connectivity index (χ0n) is 6.08. The number of oxazole rings is 1. The summed E-state index contributed by atoms with van der Waals surface area (Å²) in [7, 11) is 0. The molecule has 10 heavy (non-hydrogen) atoms. The fourth-order valence-corrected chi connectivity index (χ4v) is 0.675. The van der Waals surface area contributed by atoms with Crippen LogP contribution in [0.25, 0.3) is 6.08 Å². The smallest absolute Gasteiger partial charge is 0.181 e. The predicted molar refractivity (Wildman–Crippen MR) is 40.4 cm³/mol. The fraction of sp³-hybridized carbons (Fsp3) is 0.375. The minimum Gasteiger partial charge on any atom is -0.451 e. The molecule has 0 spiro atoms. The number of allylic oxidation sites excluding steroid dienone is 1. The zero-order chi connectivity index (χ0) is 7.23. The maximum absolute atomic E-state index is 4.78. The fourth-order valence-electron chi connectivity index (χ4n) is 0.675. The summed E-state index contributed by atoms with van der Waals surface area (Å²) in [4.78, 5) is 3.93. The maximum Gasteiger partial charge on any atom is 0.181 e. The molecule has 0 saturated heterocycles. The molecule has 54 valence electrons. The lowest BCUT2D eigenvalue weighted by atomic mass is 10.3. The Balaban J connectivity index is 2.40. The average Bonchev–Trinajstić information content (AvgIpc) is 2.41. The second-order valence-corrected chi connectivity index (χ2v) is 2.10. The van der Waals surface area contributed by atoms with Gasteiger partial charge in [-0.25, -0.2) is 4.98 Å². The van der Waals surface area contributed by atoms with Crippen LogP contribution in [0.5, 0.6) is 0 Å². The first-order valence-electron chi connectivity index (χ1n) is 3.48. The summed E-state index contributed by atoms with van der Waals surface area (Å²) in [6.07, 6.45) is 9.41. The standard InChI is InChI=1S/C8H11NO/c1-2-3-4-5-8-6-10-7-9-8/h4-7H,2-3H2,1H3. The first-order valence-corrected chi connectivity index (χ1v) is 3.48. The third-order valence-electron chi connectivity index (χ3n) is 1.20. The van der Waals surface area contributed by atoms with Crippen LogP contribution in [-0.2, 0) is 0 Å². The summed E-state index contributed by atoms with van der Waals surface area (Å²) >= 11 is 0. The normalized spacial score (nSPS) is 10.9. The highest BCUT2D eigenvalue weighted by atomic mass is 16.3. The molecule has 2 heteroatoms. The molecule has 0 N–H and O–H groups in total. The lowest BCUT2D eigenvalue weighted by Gasteiger charge is -1.81. The summed E-state index contributed by atoms with van der Waals surface area (Å²) < 4.78 is 4.78. The average molecular weight is 137 g/mol. The van der Waals surface area contributed by atoms with Crippen molar-refractivity contribution in [2.45, 2.75) is 19.8 Å². The van der Waals surface area contributed by atoms with Gasteiger partial charge in [-0.05, 0) is 12.5 Å². The second kappa shape index (κ2) is 3.88. The van der Waals surface area contributed by atoms with E-state index < -0.39 is 0 Å². The molecule has 0 fully saturated rings. The van der Waals surface area contributed by atoms with Gasteiger partial charge in [0.15, 0.2) is 6.39 Å². The Labute approximate surface area is 60.6 Å².